The summed E-state index contributed by atoms with van der Waals surface area (Å²) < 4.78 is 6.65. The minimum atomic E-state index is -0.317. The molecule has 0 aliphatic heterocycles. The molecule has 2 rings (SSSR count). The van der Waals surface area contributed by atoms with E-state index in [0.717, 1.165) is 17.0 Å². The number of rotatable bonds is 1. The van der Waals surface area contributed by atoms with Crippen LogP contribution < -0.4 is 0 Å². The van der Waals surface area contributed by atoms with E-state index in [2.05, 4.69) is 4.98 Å². The number of esters is 1. The molecular weight excluding hydrogens is 216 g/mol. The number of hydrogen-bond donors (Lipinski definition) is 0. The van der Waals surface area contributed by atoms with E-state index in [-0.39, 0.29) is 5.97 Å². The Morgan fingerprint density at radius 3 is 2.53 bits per heavy atom. The lowest BCUT2D eigenvalue weighted by atomic mass is 10.2. The Morgan fingerprint density at radius 2 is 1.94 bits per heavy atom. The summed E-state index contributed by atoms with van der Waals surface area (Å²) >= 11 is 0. The normalized spacial score (nSPS) is 9.71. The van der Waals surface area contributed by atoms with E-state index in [1.165, 1.54) is 7.11 Å². The molecule has 92 valence electrons. The predicted octanol–water partition coefficient (Wildman–Crippen LogP) is 2.76. The van der Waals surface area contributed by atoms with E-state index in [1.807, 2.05) is 38.2 Å². The third-order valence-electron chi connectivity index (χ3n) is 2.50. The quantitative estimate of drug-likeness (QED) is 0.713. The Morgan fingerprint density at radius 1 is 1.29 bits per heavy atom. The molecule has 4 nitrogen and oxygen atoms in total. The lowest BCUT2D eigenvalue weighted by Gasteiger charge is -2.07. The van der Waals surface area contributed by atoms with Gasteiger partial charge in [0.15, 0.2) is 0 Å². The summed E-state index contributed by atoms with van der Waals surface area (Å²) in [5.74, 6) is -0.317. The maximum Gasteiger partial charge on any atom is 0.339 e. The molecule has 2 heterocycles. The molecule has 0 saturated carbocycles. The average molecular weight is 234 g/mol. The molecule has 0 atom stereocenters. The zero-order chi connectivity index (χ0) is 13.0. The van der Waals surface area contributed by atoms with Crippen molar-refractivity contribution in [3.8, 4) is 0 Å². The average Bonchev–Trinajstić information content (AvgIpc) is 2.74. The van der Waals surface area contributed by atoms with E-state index in [4.69, 9.17) is 4.74 Å². The van der Waals surface area contributed by atoms with Crippen LogP contribution in [-0.4, -0.2) is 22.5 Å². The molecule has 0 fully saturated rings. The van der Waals surface area contributed by atoms with Gasteiger partial charge in [-0.25, -0.2) is 9.78 Å². The second kappa shape index (κ2) is 5.48. The first kappa shape index (κ1) is 13.2. The Kier molecular flexibility index (Phi) is 4.26. The molecule has 0 saturated heterocycles. The second-order valence-corrected chi connectivity index (χ2v) is 3.42. The summed E-state index contributed by atoms with van der Waals surface area (Å²) in [7, 11) is 1.38. The van der Waals surface area contributed by atoms with Gasteiger partial charge in [-0.05, 0) is 26.0 Å². The summed E-state index contributed by atoms with van der Waals surface area (Å²) in [5, 5.41) is 0. The van der Waals surface area contributed by atoms with Gasteiger partial charge in [0.1, 0.15) is 5.65 Å². The van der Waals surface area contributed by atoms with E-state index >= 15 is 0 Å². The minimum Gasteiger partial charge on any atom is -0.465 e. The number of carbonyl (C=O) groups is 1. The Labute approximate surface area is 101 Å². The molecule has 0 aliphatic rings. The third kappa shape index (κ3) is 2.30. The number of fused-ring (bicyclic) bond motifs is 1. The highest BCUT2D eigenvalue weighted by Gasteiger charge is 2.12. The van der Waals surface area contributed by atoms with Crippen molar-refractivity contribution >= 4 is 11.6 Å². The van der Waals surface area contributed by atoms with Gasteiger partial charge in [-0.3, -0.25) is 0 Å². The molecular formula is C13H18N2O2. The molecule has 0 amide bonds. The van der Waals surface area contributed by atoms with Crippen molar-refractivity contribution in [2.75, 3.05) is 7.11 Å². The van der Waals surface area contributed by atoms with Crippen LogP contribution in [0.15, 0.2) is 18.3 Å². The van der Waals surface area contributed by atoms with Crippen molar-refractivity contribution in [1.82, 2.24) is 9.38 Å². The van der Waals surface area contributed by atoms with Crippen LogP contribution in [0, 0.1) is 13.8 Å². The number of imidazole rings is 1. The molecule has 4 heteroatoms. The predicted molar refractivity (Wildman–Crippen MR) is 67.4 cm³/mol. The first-order valence-corrected chi connectivity index (χ1v) is 5.67. The molecule has 0 aliphatic carbocycles. The molecule has 0 radical (unpaired) electrons. The van der Waals surface area contributed by atoms with Gasteiger partial charge in [0.2, 0.25) is 0 Å². The lowest BCUT2D eigenvalue weighted by molar-refractivity contribution is 0.0599. The number of carbonyl (C=O) groups excluding carboxylic acids is 1. The van der Waals surface area contributed by atoms with Gasteiger partial charge >= 0.3 is 5.97 Å². The van der Waals surface area contributed by atoms with E-state index in [0.29, 0.717) is 5.56 Å². The zero-order valence-electron chi connectivity index (χ0n) is 10.9. The van der Waals surface area contributed by atoms with Crippen molar-refractivity contribution in [2.24, 2.45) is 0 Å². The van der Waals surface area contributed by atoms with Gasteiger partial charge in [-0.15, -0.1) is 0 Å². The molecule has 17 heavy (non-hydrogen) atoms. The van der Waals surface area contributed by atoms with Crippen molar-refractivity contribution in [2.45, 2.75) is 27.7 Å². The zero-order valence-corrected chi connectivity index (χ0v) is 10.9. The summed E-state index contributed by atoms with van der Waals surface area (Å²) in [5.41, 5.74) is 3.28. The Balaban J connectivity index is 0.000000686. The topological polar surface area (TPSA) is 43.6 Å². The molecule has 0 N–H and O–H groups in total. The van der Waals surface area contributed by atoms with Crippen LogP contribution in [0.5, 0.6) is 0 Å². The number of ether oxygens (including phenoxy) is 1. The largest absolute Gasteiger partial charge is 0.465 e. The summed E-state index contributed by atoms with van der Waals surface area (Å²) in [6.07, 6.45) is 1.78. The van der Waals surface area contributed by atoms with E-state index in [1.54, 1.807) is 12.3 Å². The van der Waals surface area contributed by atoms with Crippen LogP contribution in [0.2, 0.25) is 0 Å². The van der Waals surface area contributed by atoms with Crippen LogP contribution in [-0.2, 0) is 4.74 Å². The van der Waals surface area contributed by atoms with Crippen LogP contribution in [0.1, 0.15) is 35.6 Å². The first-order valence-electron chi connectivity index (χ1n) is 5.67. The van der Waals surface area contributed by atoms with Crippen molar-refractivity contribution in [3.63, 3.8) is 0 Å². The van der Waals surface area contributed by atoms with Gasteiger partial charge in [0, 0.05) is 17.6 Å². The van der Waals surface area contributed by atoms with Crippen LogP contribution in [0.25, 0.3) is 5.65 Å². The highest BCUT2D eigenvalue weighted by Crippen LogP contribution is 2.14. The maximum absolute atomic E-state index is 11.5. The molecule has 0 bridgehead atoms. The van der Waals surface area contributed by atoms with Crippen LogP contribution >= 0.6 is 0 Å². The highest BCUT2D eigenvalue weighted by molar-refractivity contribution is 5.90. The van der Waals surface area contributed by atoms with E-state index in [9.17, 15) is 4.79 Å². The fraction of sp³-hybridized carbons (Fsp3) is 0.385. The molecule has 0 aromatic carbocycles. The molecule has 0 spiro atoms. The number of aromatic nitrogens is 2. The summed E-state index contributed by atoms with van der Waals surface area (Å²) in [6.45, 7) is 7.84. The Bertz CT molecular complexity index is 529. The third-order valence-corrected chi connectivity index (χ3v) is 2.50. The van der Waals surface area contributed by atoms with Crippen LogP contribution in [0.4, 0.5) is 0 Å². The molecule has 2 aromatic rings. The smallest absolute Gasteiger partial charge is 0.339 e. The SMILES string of the molecule is CC.COC(=O)c1ccc2ncc(C)n2c1C. The molecule has 2 aromatic heterocycles. The number of pyridine rings is 1. The van der Waals surface area contributed by atoms with E-state index < -0.39 is 0 Å². The van der Waals surface area contributed by atoms with Gasteiger partial charge in [0.25, 0.3) is 0 Å². The number of nitrogens with zero attached hydrogens (tertiary/aromatic N) is 2. The minimum absolute atomic E-state index is 0.317. The number of hydrogen-bond acceptors (Lipinski definition) is 3. The van der Waals surface area contributed by atoms with Crippen molar-refractivity contribution in [3.05, 3.63) is 35.3 Å². The van der Waals surface area contributed by atoms with Crippen molar-refractivity contribution < 1.29 is 9.53 Å². The first-order chi connectivity index (χ1) is 8.15. The fourth-order valence-electron chi connectivity index (χ4n) is 1.73. The van der Waals surface area contributed by atoms with Crippen molar-refractivity contribution in [1.29, 1.82) is 0 Å². The second-order valence-electron chi connectivity index (χ2n) is 3.42. The van der Waals surface area contributed by atoms with Gasteiger partial charge in [0.05, 0.1) is 12.7 Å². The monoisotopic (exact) mass is 234 g/mol. The lowest BCUT2D eigenvalue weighted by Crippen LogP contribution is -2.07. The number of methoxy groups -OCH3 is 1. The molecule has 0 unspecified atom stereocenters. The summed E-state index contributed by atoms with van der Waals surface area (Å²) in [6, 6.07) is 3.55. The fourth-order valence-corrected chi connectivity index (χ4v) is 1.73. The highest BCUT2D eigenvalue weighted by atomic mass is 16.5. The van der Waals surface area contributed by atoms with Crippen LogP contribution in [0.3, 0.4) is 0 Å². The van der Waals surface area contributed by atoms with Gasteiger partial charge < -0.3 is 9.14 Å². The summed E-state index contributed by atoms with van der Waals surface area (Å²) in [4.78, 5) is 15.7. The standard InChI is InChI=1S/C11H12N2O2.C2H6/c1-7-6-12-10-5-4-9(11(14)15-3)8(2)13(7)10;1-2/h4-6H,1-3H3;1-2H3. The van der Waals surface area contributed by atoms with Gasteiger partial charge in [-0.1, -0.05) is 13.8 Å². The number of aryl methyl sites for hydroxylation is 2. The Hall–Kier alpha value is -1.84. The maximum atomic E-state index is 11.5. The van der Waals surface area contributed by atoms with Gasteiger partial charge in [-0.2, -0.15) is 0 Å².